The van der Waals surface area contributed by atoms with Crippen LogP contribution in [0.2, 0.25) is 5.02 Å². The Balaban J connectivity index is 0.00000225. The summed E-state index contributed by atoms with van der Waals surface area (Å²) in [5, 5.41) is 6.13. The van der Waals surface area contributed by atoms with Gasteiger partial charge < -0.3 is 10.6 Å². The molecule has 7 heteroatoms. The predicted octanol–water partition coefficient (Wildman–Crippen LogP) is 4.67. The Morgan fingerprint density at radius 3 is 2.84 bits per heavy atom. The van der Waals surface area contributed by atoms with Gasteiger partial charge in [0.25, 0.3) is 0 Å². The van der Waals surface area contributed by atoms with Gasteiger partial charge in [0.15, 0.2) is 0 Å². The summed E-state index contributed by atoms with van der Waals surface area (Å²) < 4.78 is 14.6. The van der Waals surface area contributed by atoms with E-state index in [2.05, 4.69) is 10.6 Å². The molecule has 0 spiro atoms. The van der Waals surface area contributed by atoms with Crippen molar-refractivity contribution < 1.29 is 9.18 Å². The van der Waals surface area contributed by atoms with Crippen LogP contribution < -0.4 is 10.6 Å². The van der Waals surface area contributed by atoms with Gasteiger partial charge in [0, 0.05) is 11.4 Å². The van der Waals surface area contributed by atoms with E-state index in [1.54, 1.807) is 19.1 Å². The van der Waals surface area contributed by atoms with Gasteiger partial charge in [0.1, 0.15) is 5.82 Å². The van der Waals surface area contributed by atoms with E-state index in [0.29, 0.717) is 23.6 Å². The number of halogens is 3. The molecule has 3 rings (SSSR count). The zero-order valence-electron chi connectivity index (χ0n) is 13.6. The molecule has 1 unspecified atom stereocenters. The number of fused-ring (bicyclic) bond motifs is 1. The van der Waals surface area contributed by atoms with Gasteiger partial charge in [-0.2, -0.15) is 0 Å². The van der Waals surface area contributed by atoms with Gasteiger partial charge in [-0.25, -0.2) is 4.39 Å². The fourth-order valence-corrected chi connectivity index (χ4v) is 3.80. The Morgan fingerprint density at radius 2 is 2.08 bits per heavy atom. The van der Waals surface area contributed by atoms with Crippen LogP contribution >= 0.6 is 35.8 Å². The maximum Gasteiger partial charge on any atom is 0.237 e. The second-order valence-electron chi connectivity index (χ2n) is 5.67. The quantitative estimate of drug-likeness (QED) is 0.732. The molecule has 0 bridgehead atoms. The summed E-state index contributed by atoms with van der Waals surface area (Å²) in [7, 11) is 0. The largest absolute Gasteiger partial charge is 0.323 e. The second-order valence-corrected chi connectivity index (χ2v) is 7.46. The van der Waals surface area contributed by atoms with E-state index in [4.69, 9.17) is 11.6 Å². The molecule has 25 heavy (non-hydrogen) atoms. The predicted molar refractivity (Wildman–Crippen MR) is 104 cm³/mol. The first kappa shape index (κ1) is 20.0. The molecule has 1 aliphatic heterocycles. The van der Waals surface area contributed by atoms with Gasteiger partial charge in [-0.1, -0.05) is 29.8 Å². The molecule has 0 aliphatic carbocycles. The van der Waals surface area contributed by atoms with Crippen LogP contribution in [-0.2, 0) is 17.8 Å². The Labute approximate surface area is 162 Å². The second kappa shape index (κ2) is 8.90. The summed E-state index contributed by atoms with van der Waals surface area (Å²) in [5.74, 6) is -0.565. The van der Waals surface area contributed by atoms with E-state index in [1.165, 1.54) is 11.8 Å². The van der Waals surface area contributed by atoms with E-state index in [1.807, 2.05) is 24.3 Å². The average molecular weight is 401 g/mol. The Morgan fingerprint density at radius 1 is 1.32 bits per heavy atom. The standard InChI is InChI=1S/C18H18ClFN2OS.ClH/c1-11(24-16-5-3-2-4-14(16)19)18(23)22-15-7-6-12-10-21-9-8-13(12)17(15)20;/h2-7,11,21H,8-10H2,1H3,(H,22,23);1H. The van der Waals surface area contributed by atoms with E-state index < -0.39 is 0 Å². The molecule has 0 radical (unpaired) electrons. The first-order valence-corrected chi connectivity index (χ1v) is 9.05. The van der Waals surface area contributed by atoms with Crippen LogP contribution in [0.4, 0.5) is 10.1 Å². The summed E-state index contributed by atoms with van der Waals surface area (Å²) in [5.41, 5.74) is 1.89. The van der Waals surface area contributed by atoms with E-state index in [9.17, 15) is 9.18 Å². The first-order valence-electron chi connectivity index (χ1n) is 7.79. The summed E-state index contributed by atoms with van der Waals surface area (Å²) in [6.07, 6.45) is 0.634. The highest BCUT2D eigenvalue weighted by Crippen LogP contribution is 2.31. The van der Waals surface area contributed by atoms with Crippen LogP contribution in [0.25, 0.3) is 0 Å². The molecule has 0 saturated heterocycles. The fraction of sp³-hybridized carbons (Fsp3) is 0.278. The van der Waals surface area contributed by atoms with Gasteiger partial charge in [0.2, 0.25) is 5.91 Å². The lowest BCUT2D eigenvalue weighted by atomic mass is 9.99. The number of anilines is 1. The molecule has 2 N–H and O–H groups in total. The van der Waals surface area contributed by atoms with Crippen LogP contribution in [0, 0.1) is 5.82 Å². The number of hydrogen-bond acceptors (Lipinski definition) is 3. The third kappa shape index (κ3) is 4.67. The maximum absolute atomic E-state index is 14.6. The van der Waals surface area contributed by atoms with Crippen LogP contribution in [0.5, 0.6) is 0 Å². The van der Waals surface area contributed by atoms with Crippen molar-refractivity contribution in [3.63, 3.8) is 0 Å². The van der Waals surface area contributed by atoms with Crippen LogP contribution in [0.3, 0.4) is 0 Å². The Bertz CT molecular complexity index is 773. The van der Waals surface area contributed by atoms with Crippen molar-refractivity contribution in [3.05, 3.63) is 58.4 Å². The molecule has 0 saturated carbocycles. The van der Waals surface area contributed by atoms with Crippen molar-refractivity contribution in [2.75, 3.05) is 11.9 Å². The van der Waals surface area contributed by atoms with E-state index >= 15 is 0 Å². The van der Waals surface area contributed by atoms with Crippen molar-refractivity contribution in [1.29, 1.82) is 0 Å². The maximum atomic E-state index is 14.6. The van der Waals surface area contributed by atoms with Gasteiger partial charge in [0.05, 0.1) is 16.0 Å². The topological polar surface area (TPSA) is 41.1 Å². The fourth-order valence-electron chi connectivity index (χ4n) is 2.65. The number of amides is 1. The van der Waals surface area contributed by atoms with Crippen LogP contribution in [0.15, 0.2) is 41.3 Å². The minimum atomic E-state index is -0.387. The number of carbonyl (C=O) groups is 1. The van der Waals surface area contributed by atoms with E-state index in [-0.39, 0.29) is 35.1 Å². The number of thioether (sulfide) groups is 1. The molecular formula is C18H19Cl2FN2OS. The molecule has 1 atom stereocenters. The van der Waals surface area contributed by atoms with E-state index in [0.717, 1.165) is 17.0 Å². The number of rotatable bonds is 4. The third-order valence-corrected chi connectivity index (χ3v) is 5.59. The Kier molecular flexibility index (Phi) is 7.14. The lowest BCUT2D eigenvalue weighted by molar-refractivity contribution is -0.115. The molecule has 2 aromatic carbocycles. The molecule has 3 nitrogen and oxygen atoms in total. The number of nitrogens with one attached hydrogen (secondary N) is 2. The summed E-state index contributed by atoms with van der Waals surface area (Å²) in [4.78, 5) is 13.2. The normalized spacial score (nSPS) is 14.2. The molecule has 1 heterocycles. The highest BCUT2D eigenvalue weighted by atomic mass is 35.5. The molecule has 0 aromatic heterocycles. The van der Waals surface area contributed by atoms with Crippen molar-refractivity contribution in [3.8, 4) is 0 Å². The van der Waals surface area contributed by atoms with Gasteiger partial charge in [-0.3, -0.25) is 4.79 Å². The Hall–Kier alpha value is -1.27. The van der Waals surface area contributed by atoms with Crippen LogP contribution in [-0.4, -0.2) is 17.7 Å². The van der Waals surface area contributed by atoms with Gasteiger partial charge >= 0.3 is 0 Å². The number of carbonyl (C=O) groups excluding carboxylic acids is 1. The molecule has 1 aliphatic rings. The molecule has 0 fully saturated rings. The zero-order valence-corrected chi connectivity index (χ0v) is 16.0. The number of hydrogen-bond donors (Lipinski definition) is 2. The van der Waals surface area contributed by atoms with Crippen LogP contribution in [0.1, 0.15) is 18.1 Å². The minimum Gasteiger partial charge on any atom is -0.323 e. The van der Waals surface area contributed by atoms with Gasteiger partial charge in [-0.05, 0) is 49.2 Å². The molecule has 134 valence electrons. The monoisotopic (exact) mass is 400 g/mol. The first-order chi connectivity index (χ1) is 11.6. The molecule has 1 amide bonds. The summed E-state index contributed by atoms with van der Waals surface area (Å²) in [6, 6.07) is 10.9. The van der Waals surface area contributed by atoms with Crippen molar-refractivity contribution in [2.45, 2.75) is 30.0 Å². The molecule has 2 aromatic rings. The zero-order chi connectivity index (χ0) is 17.1. The lowest BCUT2D eigenvalue weighted by Crippen LogP contribution is -2.26. The molecular weight excluding hydrogens is 382 g/mol. The average Bonchev–Trinajstić information content (AvgIpc) is 2.59. The third-order valence-electron chi connectivity index (χ3n) is 3.97. The highest BCUT2D eigenvalue weighted by molar-refractivity contribution is 8.00. The smallest absolute Gasteiger partial charge is 0.237 e. The summed E-state index contributed by atoms with van der Waals surface area (Å²) in [6.45, 7) is 3.20. The minimum absolute atomic E-state index is 0. The van der Waals surface area contributed by atoms with Gasteiger partial charge in [-0.15, -0.1) is 24.2 Å². The number of benzene rings is 2. The van der Waals surface area contributed by atoms with Crippen molar-refractivity contribution in [2.24, 2.45) is 0 Å². The SMILES string of the molecule is CC(Sc1ccccc1Cl)C(=O)Nc1ccc2c(c1F)CCNC2.Cl. The van der Waals surface area contributed by atoms with Crippen molar-refractivity contribution in [1.82, 2.24) is 5.32 Å². The summed E-state index contributed by atoms with van der Waals surface area (Å²) >= 11 is 7.48. The highest BCUT2D eigenvalue weighted by Gasteiger charge is 2.20. The lowest BCUT2D eigenvalue weighted by Gasteiger charge is -2.20. The van der Waals surface area contributed by atoms with Crippen molar-refractivity contribution >= 4 is 47.4 Å².